The van der Waals surface area contributed by atoms with E-state index in [-0.39, 0.29) is 6.10 Å². The molecule has 0 unspecified atom stereocenters. The summed E-state index contributed by atoms with van der Waals surface area (Å²) in [6.45, 7) is 6.93. The molecule has 0 aromatic rings. The van der Waals surface area contributed by atoms with E-state index in [4.69, 9.17) is 24.8 Å². The van der Waals surface area contributed by atoms with Gasteiger partial charge in [0, 0.05) is 23.8 Å². The van der Waals surface area contributed by atoms with Crippen molar-refractivity contribution in [1.82, 2.24) is 0 Å². The van der Waals surface area contributed by atoms with Crippen molar-refractivity contribution in [2.45, 2.75) is 76.7 Å². The Morgan fingerprint density at radius 1 is 1.17 bits per heavy atom. The van der Waals surface area contributed by atoms with Crippen molar-refractivity contribution in [2.75, 3.05) is 6.54 Å². The molecule has 0 amide bonds. The Morgan fingerprint density at radius 3 is 2.79 bits per heavy atom. The second-order valence-electron chi connectivity index (χ2n) is 8.19. The van der Waals surface area contributed by atoms with E-state index in [1.54, 1.807) is 0 Å². The first-order valence-electron chi connectivity index (χ1n) is 9.21. The largest absolute Gasteiger partial charge is 0.346 e. The van der Waals surface area contributed by atoms with Gasteiger partial charge in [0.25, 0.3) is 0 Å². The van der Waals surface area contributed by atoms with Crippen LogP contribution < -0.4 is 0 Å². The molecule has 5 aliphatic rings. The van der Waals surface area contributed by atoms with E-state index in [0.717, 1.165) is 25.7 Å². The fraction of sp³-hybridized carbons (Fsp3) is 1.00. The first-order chi connectivity index (χ1) is 11.5. The molecule has 4 heterocycles. The Bertz CT molecular complexity index is 554. The van der Waals surface area contributed by atoms with E-state index in [0.29, 0.717) is 30.2 Å². The minimum Gasteiger partial charge on any atom is -0.346 e. The van der Waals surface area contributed by atoms with E-state index in [9.17, 15) is 0 Å². The van der Waals surface area contributed by atoms with Crippen LogP contribution in [0.2, 0.25) is 0 Å². The molecule has 0 aromatic carbocycles. The average Bonchev–Trinajstić information content (AvgIpc) is 2.78. The highest BCUT2D eigenvalue weighted by Gasteiger charge is 2.69. The highest BCUT2D eigenvalue weighted by molar-refractivity contribution is 5.09. The third kappa shape index (κ3) is 2.30. The number of hydrogen-bond acceptors (Lipinski definition) is 5. The second-order valence-corrected chi connectivity index (χ2v) is 8.19. The Morgan fingerprint density at radius 2 is 2.00 bits per heavy atom. The van der Waals surface area contributed by atoms with Crippen LogP contribution in [0.1, 0.15) is 52.9 Å². The van der Waals surface area contributed by atoms with Crippen molar-refractivity contribution in [2.24, 2.45) is 28.8 Å². The minimum absolute atomic E-state index is 0.0248. The van der Waals surface area contributed by atoms with Gasteiger partial charge in [-0.3, -0.25) is 0 Å². The number of ether oxygens (including phenoxy) is 2. The standard InChI is InChI=1S/C17H27N3O4/c1-10-4-5-13-11(2)14(7-9-19-20-18)21-15-17(13)12(10)6-8-16(3,22-15)23-24-17/h10-15H,4-9H2,1-3H3/t10-,11-,12+,13+,14-,15-,16+,17-/m1/s1. The predicted octanol–water partition coefficient (Wildman–Crippen LogP) is 3.94. The highest BCUT2D eigenvalue weighted by Crippen LogP contribution is 2.60. The van der Waals surface area contributed by atoms with Crippen LogP contribution in [0.3, 0.4) is 0 Å². The predicted molar refractivity (Wildman–Crippen MR) is 85.5 cm³/mol. The zero-order chi connectivity index (χ0) is 16.9. The molecule has 4 saturated heterocycles. The fourth-order valence-corrected chi connectivity index (χ4v) is 5.54. The maximum Gasteiger partial charge on any atom is 0.201 e. The number of hydrogen-bond donors (Lipinski definition) is 0. The third-order valence-electron chi connectivity index (χ3n) is 6.87. The summed E-state index contributed by atoms with van der Waals surface area (Å²) in [5.74, 6) is 0.905. The van der Waals surface area contributed by atoms with Gasteiger partial charge in [-0.2, -0.15) is 0 Å². The smallest absolute Gasteiger partial charge is 0.201 e. The Hall–Kier alpha value is -0.850. The van der Waals surface area contributed by atoms with Crippen LogP contribution in [0.5, 0.6) is 0 Å². The van der Waals surface area contributed by atoms with Crippen molar-refractivity contribution in [3.8, 4) is 0 Å². The molecule has 0 aromatic heterocycles. The van der Waals surface area contributed by atoms with Gasteiger partial charge < -0.3 is 9.47 Å². The molecular formula is C17H27N3O4. The highest BCUT2D eigenvalue weighted by atomic mass is 17.3. The maximum absolute atomic E-state index is 8.53. The van der Waals surface area contributed by atoms with E-state index in [1.807, 2.05) is 6.92 Å². The van der Waals surface area contributed by atoms with Gasteiger partial charge in [-0.15, -0.1) is 0 Å². The van der Waals surface area contributed by atoms with Crippen molar-refractivity contribution in [3.05, 3.63) is 10.4 Å². The summed E-state index contributed by atoms with van der Waals surface area (Å²) < 4.78 is 12.7. The van der Waals surface area contributed by atoms with Gasteiger partial charge in [0.1, 0.15) is 0 Å². The van der Waals surface area contributed by atoms with Gasteiger partial charge in [-0.05, 0) is 55.9 Å². The Labute approximate surface area is 142 Å². The van der Waals surface area contributed by atoms with Crippen LogP contribution in [-0.2, 0) is 19.2 Å². The van der Waals surface area contributed by atoms with E-state index < -0.39 is 17.7 Å². The maximum atomic E-state index is 8.53. The zero-order valence-electron chi connectivity index (χ0n) is 14.7. The monoisotopic (exact) mass is 337 g/mol. The van der Waals surface area contributed by atoms with Crippen molar-refractivity contribution >= 4 is 0 Å². The first-order valence-corrected chi connectivity index (χ1v) is 9.21. The molecule has 24 heavy (non-hydrogen) atoms. The van der Waals surface area contributed by atoms with Gasteiger partial charge in [-0.1, -0.05) is 19.0 Å². The van der Waals surface area contributed by atoms with E-state index >= 15 is 0 Å². The van der Waals surface area contributed by atoms with Crippen LogP contribution in [0.25, 0.3) is 10.4 Å². The molecule has 1 saturated carbocycles. The first kappa shape index (κ1) is 16.6. The molecule has 134 valence electrons. The number of rotatable bonds is 3. The molecule has 5 fully saturated rings. The molecule has 1 aliphatic carbocycles. The lowest BCUT2D eigenvalue weighted by molar-refractivity contribution is -0.571. The summed E-state index contributed by atoms with van der Waals surface area (Å²) in [7, 11) is 0. The Kier molecular flexibility index (Phi) is 4.05. The van der Waals surface area contributed by atoms with Gasteiger partial charge in [0.05, 0.1) is 6.10 Å². The molecule has 2 bridgehead atoms. The van der Waals surface area contributed by atoms with Crippen molar-refractivity contribution in [1.29, 1.82) is 0 Å². The molecule has 4 aliphatic heterocycles. The SMILES string of the molecule is C[C@H]1[C@@H](CCN=[N+]=[N-])O[C@@H]2O[C@]3(C)CC[C@H]4[C@H](C)CC[C@@H]1[C@@]24OO3. The second kappa shape index (κ2) is 5.85. The minimum atomic E-state index is -0.729. The number of azide groups is 1. The lowest BCUT2D eigenvalue weighted by Crippen LogP contribution is -2.70. The van der Waals surface area contributed by atoms with E-state index in [2.05, 4.69) is 23.9 Å². The third-order valence-corrected chi connectivity index (χ3v) is 6.87. The molecule has 0 radical (unpaired) electrons. The molecule has 5 rings (SSSR count). The summed E-state index contributed by atoms with van der Waals surface area (Å²) in [5.41, 5.74) is 8.03. The summed E-state index contributed by atoms with van der Waals surface area (Å²) in [6.07, 6.45) is 4.52. The average molecular weight is 337 g/mol. The quantitative estimate of drug-likeness (QED) is 0.338. The van der Waals surface area contributed by atoms with Gasteiger partial charge in [0.2, 0.25) is 5.79 Å². The van der Waals surface area contributed by atoms with Crippen LogP contribution >= 0.6 is 0 Å². The summed E-state index contributed by atoms with van der Waals surface area (Å²) in [4.78, 5) is 14.7. The van der Waals surface area contributed by atoms with Crippen molar-refractivity contribution < 1.29 is 19.2 Å². The summed E-state index contributed by atoms with van der Waals surface area (Å²) in [6, 6.07) is 0. The molecule has 8 atom stereocenters. The summed E-state index contributed by atoms with van der Waals surface area (Å²) >= 11 is 0. The van der Waals surface area contributed by atoms with Crippen LogP contribution in [0.15, 0.2) is 5.11 Å². The Balaban J connectivity index is 1.68. The topological polar surface area (TPSA) is 85.7 Å². The van der Waals surface area contributed by atoms with Crippen LogP contribution in [-0.4, -0.2) is 30.3 Å². The van der Waals surface area contributed by atoms with Gasteiger partial charge >= 0.3 is 0 Å². The fourth-order valence-electron chi connectivity index (χ4n) is 5.54. The molecular weight excluding hydrogens is 310 g/mol. The molecule has 0 N–H and O–H groups in total. The van der Waals surface area contributed by atoms with Gasteiger partial charge in [0.15, 0.2) is 11.9 Å². The van der Waals surface area contributed by atoms with Crippen molar-refractivity contribution in [3.63, 3.8) is 0 Å². The van der Waals surface area contributed by atoms with Gasteiger partial charge in [-0.25, -0.2) is 9.78 Å². The van der Waals surface area contributed by atoms with Crippen LogP contribution in [0, 0.1) is 23.7 Å². The molecule has 7 heteroatoms. The lowest BCUT2D eigenvalue weighted by Gasteiger charge is -2.60. The number of fused-ring (bicyclic) bond motifs is 2. The summed E-state index contributed by atoms with van der Waals surface area (Å²) in [5, 5.41) is 3.68. The zero-order valence-corrected chi connectivity index (χ0v) is 14.7. The van der Waals surface area contributed by atoms with Crippen LogP contribution in [0.4, 0.5) is 0 Å². The molecule has 7 nitrogen and oxygen atoms in total. The van der Waals surface area contributed by atoms with E-state index in [1.165, 1.54) is 6.42 Å². The lowest BCUT2D eigenvalue weighted by atomic mass is 9.57. The molecule has 1 spiro atoms. The normalized spacial score (nSPS) is 53.0. The number of nitrogens with zero attached hydrogens (tertiary/aromatic N) is 3.